The highest BCUT2D eigenvalue weighted by atomic mass is 19.4. The number of carbonyl (C=O) groups is 2. The number of carbonyl (C=O) groups excluding carboxylic acids is 2. The zero-order chi connectivity index (χ0) is 20.7. The Morgan fingerprint density at radius 1 is 1.25 bits per heavy atom. The minimum absolute atomic E-state index is 0.0485. The molecule has 0 amide bonds. The Kier molecular flexibility index (Phi) is 7.83. The Morgan fingerprint density at radius 2 is 1.89 bits per heavy atom. The average molecular weight is 400 g/mol. The van der Waals surface area contributed by atoms with Gasteiger partial charge in [-0.15, -0.1) is 0 Å². The van der Waals surface area contributed by atoms with E-state index < -0.39 is 11.7 Å². The van der Waals surface area contributed by atoms with Crippen LogP contribution in [-0.2, 0) is 15.7 Å². The van der Waals surface area contributed by atoms with E-state index in [0.29, 0.717) is 50.1 Å². The number of hydrogen-bond acceptors (Lipinski definition) is 5. The van der Waals surface area contributed by atoms with E-state index in [1.807, 2.05) is 11.8 Å². The maximum Gasteiger partial charge on any atom is 0.417 e. The van der Waals surface area contributed by atoms with Gasteiger partial charge in [-0.25, -0.2) is 4.98 Å². The first-order chi connectivity index (χ1) is 13.3. The SMILES string of the molecule is CCOC(=O)CC1CCC(CN(CC)c2ncc(C(F)(F)F)cc2C=O)CC1. The molecule has 1 fully saturated rings. The third-order valence-electron chi connectivity index (χ3n) is 5.24. The van der Waals surface area contributed by atoms with Crippen molar-refractivity contribution in [2.45, 2.75) is 52.1 Å². The number of aromatic nitrogens is 1. The van der Waals surface area contributed by atoms with Gasteiger partial charge in [-0.05, 0) is 57.4 Å². The van der Waals surface area contributed by atoms with Gasteiger partial charge in [-0.2, -0.15) is 13.2 Å². The van der Waals surface area contributed by atoms with Crippen molar-refractivity contribution in [3.63, 3.8) is 0 Å². The second-order valence-electron chi connectivity index (χ2n) is 7.19. The highest BCUT2D eigenvalue weighted by Crippen LogP contribution is 2.34. The van der Waals surface area contributed by atoms with Crippen LogP contribution >= 0.6 is 0 Å². The highest BCUT2D eigenvalue weighted by molar-refractivity contribution is 5.83. The first kappa shape index (κ1) is 22.2. The molecule has 1 saturated carbocycles. The fraction of sp³-hybridized carbons (Fsp3) is 0.650. The van der Waals surface area contributed by atoms with Gasteiger partial charge < -0.3 is 9.64 Å². The predicted molar refractivity (Wildman–Crippen MR) is 99.2 cm³/mol. The van der Waals surface area contributed by atoms with Crippen molar-refractivity contribution in [1.82, 2.24) is 4.98 Å². The Labute approximate surface area is 163 Å². The van der Waals surface area contributed by atoms with Crippen LogP contribution in [0.5, 0.6) is 0 Å². The maximum atomic E-state index is 12.9. The molecule has 0 bridgehead atoms. The molecule has 2 rings (SSSR count). The number of anilines is 1. The fourth-order valence-electron chi connectivity index (χ4n) is 3.73. The van der Waals surface area contributed by atoms with E-state index >= 15 is 0 Å². The maximum absolute atomic E-state index is 12.9. The molecule has 0 radical (unpaired) electrons. The first-order valence-electron chi connectivity index (χ1n) is 9.71. The molecule has 0 atom stereocenters. The molecule has 0 saturated heterocycles. The fourth-order valence-corrected chi connectivity index (χ4v) is 3.73. The van der Waals surface area contributed by atoms with Gasteiger partial charge in [0.05, 0.1) is 17.7 Å². The standard InChI is InChI=1S/C20H27F3N2O3/c1-3-25(19-16(13-26)10-17(11-24-19)20(21,22)23)12-15-7-5-14(6-8-15)9-18(27)28-4-2/h10-11,13-15H,3-9,12H2,1-2H3. The summed E-state index contributed by atoms with van der Waals surface area (Å²) in [7, 11) is 0. The van der Waals surface area contributed by atoms with Gasteiger partial charge in [0.15, 0.2) is 6.29 Å². The molecule has 28 heavy (non-hydrogen) atoms. The number of aldehydes is 1. The predicted octanol–water partition coefficient (Wildman–Crippen LogP) is 4.50. The molecule has 0 aliphatic heterocycles. The van der Waals surface area contributed by atoms with Gasteiger partial charge in [0.2, 0.25) is 0 Å². The highest BCUT2D eigenvalue weighted by Gasteiger charge is 2.32. The Morgan fingerprint density at radius 3 is 2.43 bits per heavy atom. The first-order valence-corrected chi connectivity index (χ1v) is 9.71. The second kappa shape index (κ2) is 9.89. The van der Waals surface area contributed by atoms with Gasteiger partial charge in [-0.3, -0.25) is 9.59 Å². The molecule has 1 aromatic rings. The zero-order valence-electron chi connectivity index (χ0n) is 16.3. The van der Waals surface area contributed by atoms with E-state index in [1.165, 1.54) is 0 Å². The minimum atomic E-state index is -4.53. The van der Waals surface area contributed by atoms with Gasteiger partial charge >= 0.3 is 12.1 Å². The van der Waals surface area contributed by atoms with Crippen LogP contribution in [0.3, 0.4) is 0 Å². The third kappa shape index (κ3) is 5.94. The third-order valence-corrected chi connectivity index (χ3v) is 5.24. The van der Waals surface area contributed by atoms with Gasteiger partial charge in [-0.1, -0.05) is 0 Å². The van der Waals surface area contributed by atoms with Crippen molar-refractivity contribution in [2.75, 3.05) is 24.6 Å². The summed E-state index contributed by atoms with van der Waals surface area (Å²) in [5.74, 6) is 0.798. The molecule has 0 aromatic carbocycles. The lowest BCUT2D eigenvalue weighted by molar-refractivity contribution is -0.144. The van der Waals surface area contributed by atoms with Crippen LogP contribution in [-0.4, -0.2) is 36.9 Å². The molecule has 0 spiro atoms. The number of rotatable bonds is 8. The minimum Gasteiger partial charge on any atom is -0.466 e. The summed E-state index contributed by atoms with van der Waals surface area (Å²) < 4.78 is 43.6. The summed E-state index contributed by atoms with van der Waals surface area (Å²) in [6.07, 6.45) is 0.808. The van der Waals surface area contributed by atoms with Crippen molar-refractivity contribution in [2.24, 2.45) is 11.8 Å². The van der Waals surface area contributed by atoms with Crippen molar-refractivity contribution in [3.05, 3.63) is 23.4 Å². The van der Waals surface area contributed by atoms with Crippen molar-refractivity contribution >= 4 is 18.1 Å². The van der Waals surface area contributed by atoms with E-state index in [-0.39, 0.29) is 11.5 Å². The summed E-state index contributed by atoms with van der Waals surface area (Å²) in [6, 6.07) is 0.855. The van der Waals surface area contributed by atoms with E-state index in [2.05, 4.69) is 4.98 Å². The monoisotopic (exact) mass is 400 g/mol. The van der Waals surface area contributed by atoms with E-state index in [4.69, 9.17) is 4.74 Å². The summed E-state index contributed by atoms with van der Waals surface area (Å²) in [6.45, 7) is 5.24. The lowest BCUT2D eigenvalue weighted by Crippen LogP contribution is -2.33. The Bertz CT molecular complexity index is 671. The molecule has 156 valence electrons. The number of hydrogen-bond donors (Lipinski definition) is 0. The van der Waals surface area contributed by atoms with Crippen LogP contribution in [0.1, 0.15) is 61.9 Å². The average Bonchev–Trinajstić information content (AvgIpc) is 2.66. The zero-order valence-corrected chi connectivity index (χ0v) is 16.3. The number of nitrogens with zero attached hydrogens (tertiary/aromatic N) is 2. The lowest BCUT2D eigenvalue weighted by atomic mass is 9.80. The van der Waals surface area contributed by atoms with Crippen LogP contribution in [0.2, 0.25) is 0 Å². The molecule has 5 nitrogen and oxygen atoms in total. The van der Waals surface area contributed by atoms with Crippen LogP contribution < -0.4 is 4.90 Å². The quantitative estimate of drug-likeness (QED) is 0.475. The van der Waals surface area contributed by atoms with Crippen LogP contribution in [0.25, 0.3) is 0 Å². The summed E-state index contributed by atoms with van der Waals surface area (Å²) in [5.41, 5.74) is -0.971. The number of esters is 1. The number of halogens is 3. The molecule has 8 heteroatoms. The van der Waals surface area contributed by atoms with E-state index in [9.17, 15) is 22.8 Å². The van der Waals surface area contributed by atoms with Crippen LogP contribution in [0.15, 0.2) is 12.3 Å². The van der Waals surface area contributed by atoms with Gasteiger partial charge in [0.25, 0.3) is 0 Å². The van der Waals surface area contributed by atoms with Crippen molar-refractivity contribution in [3.8, 4) is 0 Å². The smallest absolute Gasteiger partial charge is 0.417 e. The largest absolute Gasteiger partial charge is 0.466 e. The molecular weight excluding hydrogens is 373 g/mol. The molecule has 1 aliphatic carbocycles. The van der Waals surface area contributed by atoms with E-state index in [1.54, 1.807) is 6.92 Å². The molecule has 0 N–H and O–H groups in total. The molecule has 1 heterocycles. The summed E-state index contributed by atoms with van der Waals surface area (Å²) in [5, 5.41) is 0. The molecule has 0 unspecified atom stereocenters. The van der Waals surface area contributed by atoms with Crippen LogP contribution in [0, 0.1) is 11.8 Å². The Balaban J connectivity index is 2.00. The molecule has 1 aromatic heterocycles. The van der Waals surface area contributed by atoms with Gasteiger partial charge in [0.1, 0.15) is 5.82 Å². The van der Waals surface area contributed by atoms with Crippen molar-refractivity contribution in [1.29, 1.82) is 0 Å². The number of ether oxygens (including phenoxy) is 1. The number of pyridine rings is 1. The normalized spacial score (nSPS) is 19.9. The number of alkyl halides is 3. The molecular formula is C20H27F3N2O3. The summed E-state index contributed by atoms with van der Waals surface area (Å²) >= 11 is 0. The topological polar surface area (TPSA) is 59.5 Å². The van der Waals surface area contributed by atoms with Crippen molar-refractivity contribution < 1.29 is 27.5 Å². The Hall–Kier alpha value is -2.12. The van der Waals surface area contributed by atoms with Crippen LogP contribution in [0.4, 0.5) is 19.0 Å². The molecule has 1 aliphatic rings. The van der Waals surface area contributed by atoms with Gasteiger partial charge in [0, 0.05) is 25.7 Å². The van der Waals surface area contributed by atoms with E-state index in [0.717, 1.165) is 37.9 Å². The second-order valence-corrected chi connectivity index (χ2v) is 7.19. The summed E-state index contributed by atoms with van der Waals surface area (Å²) in [4.78, 5) is 28.8. The lowest BCUT2D eigenvalue weighted by Gasteiger charge is -2.33.